The predicted molar refractivity (Wildman–Crippen MR) is 76.0 cm³/mol. The lowest BCUT2D eigenvalue weighted by molar-refractivity contribution is -0.127. The van der Waals surface area contributed by atoms with E-state index in [2.05, 4.69) is 0 Å². The average Bonchev–Trinajstić information content (AvgIpc) is 2.61. The summed E-state index contributed by atoms with van der Waals surface area (Å²) in [5.41, 5.74) is 2.95. The van der Waals surface area contributed by atoms with Crippen molar-refractivity contribution in [1.29, 1.82) is 0 Å². The summed E-state index contributed by atoms with van der Waals surface area (Å²) in [6, 6.07) is 0. The summed E-state index contributed by atoms with van der Waals surface area (Å²) in [7, 11) is 0. The highest BCUT2D eigenvalue weighted by molar-refractivity contribution is 6.10. The average molecular weight is 272 g/mol. The number of hydrogen-bond donors (Lipinski definition) is 0. The van der Waals surface area contributed by atoms with Gasteiger partial charge >= 0.3 is 0 Å². The van der Waals surface area contributed by atoms with Crippen molar-refractivity contribution < 1.29 is 14.3 Å². The second kappa shape index (κ2) is 4.44. The van der Waals surface area contributed by atoms with E-state index in [1.807, 2.05) is 20.8 Å². The summed E-state index contributed by atoms with van der Waals surface area (Å²) in [5, 5.41) is 0. The molecule has 106 valence electrons. The summed E-state index contributed by atoms with van der Waals surface area (Å²) in [5.74, 6) is 1.01. The standard InChI is InChI=1S/C17H20O3/c1-10-8-12(18)9-17(3)14(10)15-13(11(2)16(17)19)6-4-5-7-20-15/h8H,4-7,9H2,1-3H3. The van der Waals surface area contributed by atoms with Gasteiger partial charge in [-0.25, -0.2) is 0 Å². The van der Waals surface area contributed by atoms with Crippen LogP contribution in [0.15, 0.2) is 34.1 Å². The van der Waals surface area contributed by atoms with E-state index in [0.717, 1.165) is 47.3 Å². The summed E-state index contributed by atoms with van der Waals surface area (Å²) < 4.78 is 5.98. The number of fused-ring (bicyclic) bond motifs is 2. The molecule has 0 spiro atoms. The zero-order chi connectivity index (χ0) is 14.5. The number of allylic oxidation sites excluding steroid dienone is 5. The van der Waals surface area contributed by atoms with E-state index < -0.39 is 5.41 Å². The van der Waals surface area contributed by atoms with Crippen molar-refractivity contribution in [1.82, 2.24) is 0 Å². The Bertz CT molecular complexity index is 604. The fraction of sp³-hybridized carbons (Fsp3) is 0.529. The Balaban J connectivity index is 2.29. The van der Waals surface area contributed by atoms with Crippen LogP contribution in [-0.2, 0) is 14.3 Å². The van der Waals surface area contributed by atoms with Crippen LogP contribution in [0.5, 0.6) is 0 Å². The second-order valence-corrected chi connectivity index (χ2v) is 6.24. The van der Waals surface area contributed by atoms with Crippen molar-refractivity contribution in [3.8, 4) is 0 Å². The normalized spacial score (nSPS) is 30.4. The van der Waals surface area contributed by atoms with Crippen LogP contribution in [0.2, 0.25) is 0 Å². The molecule has 1 atom stereocenters. The van der Waals surface area contributed by atoms with E-state index in [4.69, 9.17) is 4.74 Å². The van der Waals surface area contributed by atoms with Gasteiger partial charge < -0.3 is 4.74 Å². The van der Waals surface area contributed by atoms with Crippen LogP contribution < -0.4 is 0 Å². The lowest BCUT2D eigenvalue weighted by Crippen LogP contribution is -2.40. The highest BCUT2D eigenvalue weighted by Gasteiger charge is 2.48. The van der Waals surface area contributed by atoms with Crippen LogP contribution in [0, 0.1) is 5.41 Å². The van der Waals surface area contributed by atoms with E-state index in [0.29, 0.717) is 6.61 Å². The van der Waals surface area contributed by atoms with Gasteiger partial charge in [0.1, 0.15) is 5.76 Å². The van der Waals surface area contributed by atoms with Gasteiger partial charge in [-0.3, -0.25) is 9.59 Å². The van der Waals surface area contributed by atoms with Crippen molar-refractivity contribution in [2.45, 2.75) is 46.5 Å². The minimum Gasteiger partial charge on any atom is -0.493 e. The molecule has 0 aromatic heterocycles. The first-order chi connectivity index (χ1) is 9.45. The highest BCUT2D eigenvalue weighted by atomic mass is 16.5. The summed E-state index contributed by atoms with van der Waals surface area (Å²) in [6.45, 7) is 6.38. The number of carbonyl (C=O) groups excluding carboxylic acids is 2. The first-order valence-electron chi connectivity index (χ1n) is 7.29. The Morgan fingerprint density at radius 3 is 2.70 bits per heavy atom. The van der Waals surface area contributed by atoms with Crippen LogP contribution >= 0.6 is 0 Å². The van der Waals surface area contributed by atoms with Crippen molar-refractivity contribution in [2.24, 2.45) is 5.41 Å². The number of carbonyl (C=O) groups is 2. The first-order valence-corrected chi connectivity index (χ1v) is 7.29. The lowest BCUT2D eigenvalue weighted by Gasteiger charge is -2.39. The maximum absolute atomic E-state index is 12.8. The Kier molecular flexibility index (Phi) is 2.96. The SMILES string of the molecule is CC1=CC(=O)CC2(C)C(=O)C(C)=C3CCCCOC3=C12. The number of ketones is 2. The Hall–Kier alpha value is -1.64. The van der Waals surface area contributed by atoms with Gasteiger partial charge in [-0.15, -0.1) is 0 Å². The fourth-order valence-electron chi connectivity index (χ4n) is 3.77. The Morgan fingerprint density at radius 2 is 1.95 bits per heavy atom. The third-order valence-electron chi connectivity index (χ3n) is 4.71. The van der Waals surface area contributed by atoms with E-state index >= 15 is 0 Å². The Morgan fingerprint density at radius 1 is 1.20 bits per heavy atom. The number of hydrogen-bond acceptors (Lipinski definition) is 3. The minimum absolute atomic E-state index is 0.0348. The highest BCUT2D eigenvalue weighted by Crippen LogP contribution is 2.50. The maximum atomic E-state index is 12.8. The zero-order valence-electron chi connectivity index (χ0n) is 12.3. The third kappa shape index (κ3) is 1.72. The van der Waals surface area contributed by atoms with Gasteiger partial charge in [0.15, 0.2) is 11.6 Å². The molecule has 0 radical (unpaired) electrons. The van der Waals surface area contributed by atoms with Gasteiger partial charge in [-0.05, 0) is 57.3 Å². The molecular weight excluding hydrogens is 252 g/mol. The molecule has 3 nitrogen and oxygen atoms in total. The molecule has 0 saturated carbocycles. The van der Waals surface area contributed by atoms with Crippen molar-refractivity contribution in [3.63, 3.8) is 0 Å². The Labute approximate surface area is 119 Å². The number of ether oxygens (including phenoxy) is 1. The topological polar surface area (TPSA) is 43.4 Å². The van der Waals surface area contributed by atoms with Crippen molar-refractivity contribution >= 4 is 11.6 Å². The zero-order valence-corrected chi connectivity index (χ0v) is 12.3. The largest absolute Gasteiger partial charge is 0.493 e. The molecule has 0 amide bonds. The van der Waals surface area contributed by atoms with Gasteiger partial charge in [0.25, 0.3) is 0 Å². The molecule has 3 heteroatoms. The van der Waals surface area contributed by atoms with Crippen LogP contribution in [-0.4, -0.2) is 18.2 Å². The minimum atomic E-state index is -0.733. The molecule has 1 saturated heterocycles. The van der Waals surface area contributed by atoms with E-state index in [1.165, 1.54) is 0 Å². The summed E-state index contributed by atoms with van der Waals surface area (Å²) in [6.07, 6.45) is 4.88. The smallest absolute Gasteiger partial charge is 0.169 e. The monoisotopic (exact) mass is 272 g/mol. The molecule has 20 heavy (non-hydrogen) atoms. The van der Waals surface area contributed by atoms with Crippen molar-refractivity contribution in [3.05, 3.63) is 34.1 Å². The molecular formula is C17H20O3. The summed E-state index contributed by atoms with van der Waals surface area (Å²) in [4.78, 5) is 24.7. The van der Waals surface area contributed by atoms with Crippen LogP contribution in [0.1, 0.15) is 46.5 Å². The number of Topliss-reactive ketones (excluding diaryl/α,β-unsaturated/α-hetero) is 1. The van der Waals surface area contributed by atoms with Crippen molar-refractivity contribution in [2.75, 3.05) is 6.61 Å². The molecule has 0 bridgehead atoms. The molecule has 2 aliphatic carbocycles. The van der Waals surface area contributed by atoms with E-state index in [9.17, 15) is 9.59 Å². The van der Waals surface area contributed by atoms with Gasteiger partial charge in [-0.2, -0.15) is 0 Å². The molecule has 0 aromatic carbocycles. The van der Waals surface area contributed by atoms with E-state index in [1.54, 1.807) is 6.08 Å². The van der Waals surface area contributed by atoms with E-state index in [-0.39, 0.29) is 18.0 Å². The van der Waals surface area contributed by atoms with Gasteiger partial charge in [-0.1, -0.05) is 0 Å². The quantitative estimate of drug-likeness (QED) is 0.679. The van der Waals surface area contributed by atoms with Gasteiger partial charge in [0.05, 0.1) is 12.0 Å². The van der Waals surface area contributed by atoms with Gasteiger partial charge in [0.2, 0.25) is 0 Å². The molecule has 1 fully saturated rings. The molecule has 0 N–H and O–H groups in total. The molecule has 1 heterocycles. The first kappa shape index (κ1) is 13.3. The second-order valence-electron chi connectivity index (χ2n) is 6.24. The van der Waals surface area contributed by atoms with Crippen LogP contribution in [0.25, 0.3) is 0 Å². The van der Waals surface area contributed by atoms with Crippen LogP contribution in [0.3, 0.4) is 0 Å². The molecule has 1 aliphatic heterocycles. The van der Waals surface area contributed by atoms with Gasteiger partial charge in [0, 0.05) is 17.6 Å². The summed E-state index contributed by atoms with van der Waals surface area (Å²) >= 11 is 0. The molecule has 3 rings (SSSR count). The van der Waals surface area contributed by atoms with Crippen LogP contribution in [0.4, 0.5) is 0 Å². The molecule has 1 unspecified atom stereocenters. The molecule has 3 aliphatic rings. The third-order valence-corrected chi connectivity index (χ3v) is 4.71. The lowest BCUT2D eigenvalue weighted by atomic mass is 9.63. The molecule has 0 aromatic rings. The fourth-order valence-corrected chi connectivity index (χ4v) is 3.77. The predicted octanol–water partition coefficient (Wildman–Crippen LogP) is 3.27. The maximum Gasteiger partial charge on any atom is 0.169 e. The number of rotatable bonds is 0.